The van der Waals surface area contributed by atoms with E-state index in [1.165, 1.54) is 6.26 Å². The number of sulfone groups is 1. The Labute approximate surface area is 187 Å². The van der Waals surface area contributed by atoms with E-state index in [0.717, 1.165) is 27.6 Å². The van der Waals surface area contributed by atoms with Crippen LogP contribution in [0.5, 0.6) is 0 Å². The fourth-order valence-electron chi connectivity index (χ4n) is 3.87. The maximum absolute atomic E-state index is 12.8. The van der Waals surface area contributed by atoms with Crippen LogP contribution in [0.1, 0.15) is 34.5 Å². The Balaban J connectivity index is 1.81. The number of nitrogens with one attached hydrogen (secondary N) is 1. The molecule has 0 aliphatic heterocycles. The molecule has 2 aromatic heterocycles. The van der Waals surface area contributed by atoms with E-state index in [1.54, 1.807) is 42.9 Å². The van der Waals surface area contributed by atoms with Crippen LogP contribution < -0.4 is 5.32 Å². The van der Waals surface area contributed by atoms with Gasteiger partial charge in [-0.1, -0.05) is 25.1 Å². The Bertz CT molecular complexity index is 1390. The lowest BCUT2D eigenvalue weighted by atomic mass is 9.95. The first-order valence-electron chi connectivity index (χ1n) is 10.3. The van der Waals surface area contributed by atoms with E-state index >= 15 is 0 Å². The minimum atomic E-state index is -3.28. The van der Waals surface area contributed by atoms with Crippen LogP contribution in [0, 0.1) is 0 Å². The Hall–Kier alpha value is -3.58. The van der Waals surface area contributed by atoms with Crippen LogP contribution in [-0.4, -0.2) is 30.5 Å². The molecule has 7 heteroatoms. The average Bonchev–Trinajstić information content (AvgIpc) is 2.79. The summed E-state index contributed by atoms with van der Waals surface area (Å²) >= 11 is 0. The van der Waals surface area contributed by atoms with Crippen molar-refractivity contribution in [1.29, 1.82) is 0 Å². The van der Waals surface area contributed by atoms with Gasteiger partial charge in [-0.15, -0.1) is 0 Å². The van der Waals surface area contributed by atoms with E-state index in [2.05, 4.69) is 15.3 Å². The van der Waals surface area contributed by atoms with Crippen molar-refractivity contribution in [2.75, 3.05) is 11.6 Å². The van der Waals surface area contributed by atoms with Crippen molar-refractivity contribution < 1.29 is 13.2 Å². The number of hydrogen-bond acceptors (Lipinski definition) is 5. The van der Waals surface area contributed by atoms with Gasteiger partial charge < -0.3 is 5.32 Å². The first-order valence-corrected chi connectivity index (χ1v) is 12.2. The molecule has 4 aromatic rings. The monoisotopic (exact) mass is 445 g/mol. The predicted molar refractivity (Wildman–Crippen MR) is 127 cm³/mol. The van der Waals surface area contributed by atoms with Crippen LogP contribution in [0.15, 0.2) is 79.3 Å². The molecule has 0 aliphatic carbocycles. The van der Waals surface area contributed by atoms with Crippen LogP contribution in [0.3, 0.4) is 0 Å². The summed E-state index contributed by atoms with van der Waals surface area (Å²) in [5, 5.41) is 3.11. The summed E-state index contributed by atoms with van der Waals surface area (Å²) in [5.74, 6) is -0.242. The van der Waals surface area contributed by atoms with Crippen molar-refractivity contribution in [2.45, 2.75) is 18.6 Å². The van der Waals surface area contributed by atoms with E-state index in [-0.39, 0.29) is 5.91 Å². The number of nitrogens with zero attached hydrogens (tertiary/aromatic N) is 2. The molecule has 2 heterocycles. The summed E-state index contributed by atoms with van der Waals surface area (Å²) in [4.78, 5) is 21.3. The Kier molecular flexibility index (Phi) is 6.01. The standard InChI is InChI=1S/C25H23N3O3S/c1-3-23(32(2,30)31)20-15-18-8-5-11-27-24(18)22(16-20)17-6-4-7-19(14-17)25(29)28-21-9-12-26-13-10-21/h4-16,23H,3H2,1-2H3,(H,26,28,29). The molecule has 1 atom stereocenters. The van der Waals surface area contributed by atoms with Crippen molar-refractivity contribution >= 4 is 32.3 Å². The number of fused-ring (bicyclic) bond motifs is 1. The van der Waals surface area contributed by atoms with Crippen LogP contribution in [0.4, 0.5) is 5.69 Å². The second kappa shape index (κ2) is 8.88. The number of aromatic nitrogens is 2. The van der Waals surface area contributed by atoms with Gasteiger partial charge in [-0.05, 0) is 60.0 Å². The van der Waals surface area contributed by atoms with Gasteiger partial charge >= 0.3 is 0 Å². The topological polar surface area (TPSA) is 89.0 Å². The highest BCUT2D eigenvalue weighted by atomic mass is 32.2. The second-order valence-electron chi connectivity index (χ2n) is 7.64. The molecule has 1 unspecified atom stereocenters. The summed E-state index contributed by atoms with van der Waals surface area (Å²) in [6, 6.07) is 18.2. The maximum Gasteiger partial charge on any atom is 0.255 e. The zero-order chi connectivity index (χ0) is 22.7. The SMILES string of the molecule is CCC(c1cc(-c2cccc(C(=O)Nc3ccncc3)c2)c2ncccc2c1)S(C)(=O)=O. The van der Waals surface area contributed by atoms with E-state index < -0.39 is 15.1 Å². The molecule has 0 radical (unpaired) electrons. The van der Waals surface area contributed by atoms with Gasteiger partial charge in [0.25, 0.3) is 5.91 Å². The third kappa shape index (κ3) is 4.53. The number of anilines is 1. The van der Waals surface area contributed by atoms with Crippen molar-refractivity contribution in [1.82, 2.24) is 9.97 Å². The molecular formula is C25H23N3O3S. The molecule has 0 fully saturated rings. The van der Waals surface area contributed by atoms with Gasteiger partial charge in [-0.25, -0.2) is 8.42 Å². The molecule has 32 heavy (non-hydrogen) atoms. The molecule has 162 valence electrons. The van der Waals surface area contributed by atoms with Gasteiger partial charge in [0.2, 0.25) is 0 Å². The quantitative estimate of drug-likeness (QED) is 0.449. The van der Waals surface area contributed by atoms with Crippen LogP contribution in [0.25, 0.3) is 22.0 Å². The third-order valence-corrected chi connectivity index (χ3v) is 7.00. The van der Waals surface area contributed by atoms with Gasteiger partial charge in [0.1, 0.15) is 0 Å². The number of amides is 1. The lowest BCUT2D eigenvalue weighted by Gasteiger charge is -2.17. The molecule has 0 bridgehead atoms. The lowest BCUT2D eigenvalue weighted by Crippen LogP contribution is -2.12. The van der Waals surface area contributed by atoms with Crippen molar-refractivity contribution in [3.63, 3.8) is 0 Å². The van der Waals surface area contributed by atoms with E-state index in [1.807, 2.05) is 43.3 Å². The Morgan fingerprint density at radius 2 is 1.78 bits per heavy atom. The maximum atomic E-state index is 12.8. The predicted octanol–water partition coefficient (Wildman–Crippen LogP) is 5.04. The Morgan fingerprint density at radius 3 is 2.50 bits per heavy atom. The van der Waals surface area contributed by atoms with Crippen LogP contribution in [0.2, 0.25) is 0 Å². The van der Waals surface area contributed by atoms with Gasteiger partial charge in [-0.3, -0.25) is 14.8 Å². The number of carbonyl (C=O) groups excluding carboxylic acids is 1. The second-order valence-corrected chi connectivity index (χ2v) is 9.87. The number of rotatable bonds is 6. The van der Waals surface area contributed by atoms with E-state index in [9.17, 15) is 13.2 Å². The highest BCUT2D eigenvalue weighted by Crippen LogP contribution is 2.34. The molecule has 0 saturated heterocycles. The summed E-state index contributed by atoms with van der Waals surface area (Å²) in [6.07, 6.45) is 6.67. The van der Waals surface area contributed by atoms with Crippen molar-refractivity contribution in [2.24, 2.45) is 0 Å². The van der Waals surface area contributed by atoms with Crippen LogP contribution in [-0.2, 0) is 9.84 Å². The fourth-order valence-corrected chi connectivity index (χ4v) is 5.11. The minimum absolute atomic E-state index is 0.242. The smallest absolute Gasteiger partial charge is 0.255 e. The van der Waals surface area contributed by atoms with Crippen molar-refractivity contribution in [3.8, 4) is 11.1 Å². The van der Waals surface area contributed by atoms with Gasteiger partial charge in [0.15, 0.2) is 9.84 Å². The molecule has 1 N–H and O–H groups in total. The van der Waals surface area contributed by atoms with Gasteiger partial charge in [-0.2, -0.15) is 0 Å². The zero-order valence-corrected chi connectivity index (χ0v) is 18.6. The first kappa shape index (κ1) is 21.6. The highest BCUT2D eigenvalue weighted by molar-refractivity contribution is 7.90. The molecular weight excluding hydrogens is 422 g/mol. The molecule has 1 amide bonds. The lowest BCUT2D eigenvalue weighted by molar-refractivity contribution is 0.102. The summed E-state index contributed by atoms with van der Waals surface area (Å²) < 4.78 is 24.8. The van der Waals surface area contributed by atoms with Gasteiger partial charge in [0, 0.05) is 47.0 Å². The fraction of sp³-hybridized carbons (Fsp3) is 0.160. The molecule has 6 nitrogen and oxygen atoms in total. The molecule has 0 saturated carbocycles. The normalized spacial score (nSPS) is 12.4. The zero-order valence-electron chi connectivity index (χ0n) is 17.8. The third-order valence-electron chi connectivity index (χ3n) is 5.36. The average molecular weight is 446 g/mol. The summed E-state index contributed by atoms with van der Waals surface area (Å²) in [6.45, 7) is 1.86. The summed E-state index contributed by atoms with van der Waals surface area (Å²) in [7, 11) is -3.28. The first-order chi connectivity index (χ1) is 15.4. The van der Waals surface area contributed by atoms with E-state index in [0.29, 0.717) is 17.7 Å². The highest BCUT2D eigenvalue weighted by Gasteiger charge is 2.23. The minimum Gasteiger partial charge on any atom is -0.322 e. The number of carbonyl (C=O) groups is 1. The van der Waals surface area contributed by atoms with Crippen LogP contribution >= 0.6 is 0 Å². The number of benzene rings is 2. The van der Waals surface area contributed by atoms with Gasteiger partial charge in [0.05, 0.1) is 10.8 Å². The number of pyridine rings is 2. The summed E-state index contributed by atoms with van der Waals surface area (Å²) in [5.41, 5.74) is 4.20. The molecule has 4 rings (SSSR count). The van der Waals surface area contributed by atoms with E-state index in [4.69, 9.17) is 0 Å². The van der Waals surface area contributed by atoms with Crippen molar-refractivity contribution in [3.05, 3.63) is 90.4 Å². The molecule has 0 spiro atoms. The Morgan fingerprint density at radius 1 is 1.00 bits per heavy atom. The molecule has 2 aromatic carbocycles. The molecule has 0 aliphatic rings. The number of hydrogen-bond donors (Lipinski definition) is 1. The largest absolute Gasteiger partial charge is 0.322 e.